The van der Waals surface area contributed by atoms with E-state index in [1.165, 1.54) is 12.1 Å². The van der Waals surface area contributed by atoms with Crippen molar-refractivity contribution in [3.63, 3.8) is 0 Å². The zero-order chi connectivity index (χ0) is 15.2. The van der Waals surface area contributed by atoms with E-state index in [0.717, 1.165) is 64.3 Å². The molecule has 4 heteroatoms. The fourth-order valence-electron chi connectivity index (χ4n) is 3.57. The van der Waals surface area contributed by atoms with E-state index < -0.39 is 0 Å². The molecule has 122 valence electrons. The van der Waals surface area contributed by atoms with Crippen LogP contribution < -0.4 is 4.74 Å². The molecule has 1 unspecified atom stereocenters. The van der Waals surface area contributed by atoms with E-state index >= 15 is 0 Å². The van der Waals surface area contributed by atoms with Crippen molar-refractivity contribution in [3.05, 3.63) is 29.8 Å². The number of piperazine rings is 1. The fourth-order valence-corrected chi connectivity index (χ4v) is 3.57. The van der Waals surface area contributed by atoms with Gasteiger partial charge in [0.15, 0.2) is 0 Å². The molecule has 3 rings (SSSR count). The van der Waals surface area contributed by atoms with Crippen LogP contribution in [0.1, 0.15) is 18.4 Å². The highest BCUT2D eigenvalue weighted by atomic mass is 16.5. The van der Waals surface area contributed by atoms with Gasteiger partial charge in [0.1, 0.15) is 5.75 Å². The van der Waals surface area contributed by atoms with Crippen molar-refractivity contribution in [2.45, 2.75) is 19.3 Å². The largest absolute Gasteiger partial charge is 0.493 e. The molecule has 1 atom stereocenters. The van der Waals surface area contributed by atoms with Crippen molar-refractivity contribution in [1.29, 1.82) is 0 Å². The van der Waals surface area contributed by atoms with Crippen molar-refractivity contribution < 1.29 is 9.84 Å². The Labute approximate surface area is 133 Å². The van der Waals surface area contributed by atoms with E-state index in [9.17, 15) is 0 Å². The molecule has 2 heterocycles. The Hall–Kier alpha value is -1.10. The fraction of sp³-hybridized carbons (Fsp3) is 0.667. The lowest BCUT2D eigenvalue weighted by Crippen LogP contribution is -2.48. The van der Waals surface area contributed by atoms with Crippen LogP contribution in [0.3, 0.4) is 0 Å². The van der Waals surface area contributed by atoms with Crippen LogP contribution in [0.15, 0.2) is 24.3 Å². The van der Waals surface area contributed by atoms with Crippen molar-refractivity contribution >= 4 is 0 Å². The summed E-state index contributed by atoms with van der Waals surface area (Å²) in [6.45, 7) is 7.97. The van der Waals surface area contributed by atoms with Crippen LogP contribution >= 0.6 is 0 Å². The summed E-state index contributed by atoms with van der Waals surface area (Å²) >= 11 is 0. The molecular weight excluding hydrogens is 276 g/mol. The van der Waals surface area contributed by atoms with Gasteiger partial charge in [0.05, 0.1) is 6.61 Å². The average molecular weight is 304 g/mol. The number of hydrogen-bond acceptors (Lipinski definition) is 4. The summed E-state index contributed by atoms with van der Waals surface area (Å²) in [6.07, 6.45) is 3.19. The summed E-state index contributed by atoms with van der Waals surface area (Å²) in [5.41, 5.74) is 1.37. The minimum Gasteiger partial charge on any atom is -0.493 e. The maximum absolute atomic E-state index is 8.92. The molecule has 0 radical (unpaired) electrons. The zero-order valence-electron chi connectivity index (χ0n) is 13.4. The maximum atomic E-state index is 8.92. The van der Waals surface area contributed by atoms with Crippen LogP contribution in [0.4, 0.5) is 0 Å². The van der Waals surface area contributed by atoms with E-state index in [2.05, 4.69) is 34.1 Å². The van der Waals surface area contributed by atoms with Crippen LogP contribution in [0.25, 0.3) is 0 Å². The first kappa shape index (κ1) is 15.8. The second kappa shape index (κ2) is 7.95. The van der Waals surface area contributed by atoms with Gasteiger partial charge in [-0.1, -0.05) is 18.2 Å². The number of nitrogens with zero attached hydrogens (tertiary/aromatic N) is 2. The lowest BCUT2D eigenvalue weighted by Gasteiger charge is -2.36. The minimum absolute atomic E-state index is 0.307. The summed E-state index contributed by atoms with van der Waals surface area (Å²) < 4.78 is 5.88. The molecule has 0 spiro atoms. The predicted octanol–water partition coefficient (Wildman–Crippen LogP) is 1.63. The molecule has 0 aliphatic carbocycles. The van der Waals surface area contributed by atoms with Gasteiger partial charge in [0, 0.05) is 45.9 Å². The Morgan fingerprint density at radius 2 is 1.86 bits per heavy atom. The first-order chi connectivity index (χ1) is 10.8. The van der Waals surface area contributed by atoms with E-state index in [4.69, 9.17) is 9.84 Å². The topological polar surface area (TPSA) is 35.9 Å². The number of aliphatic hydroxyl groups excluding tert-OH is 1. The van der Waals surface area contributed by atoms with Crippen LogP contribution in [0.5, 0.6) is 5.75 Å². The molecule has 1 fully saturated rings. The Bertz CT molecular complexity index is 458. The van der Waals surface area contributed by atoms with Gasteiger partial charge in [-0.05, 0) is 36.8 Å². The summed E-state index contributed by atoms with van der Waals surface area (Å²) in [5.74, 6) is 1.78. The van der Waals surface area contributed by atoms with Gasteiger partial charge in [0.2, 0.25) is 0 Å². The molecule has 2 aliphatic rings. The highest BCUT2D eigenvalue weighted by Crippen LogP contribution is 2.27. The van der Waals surface area contributed by atoms with Gasteiger partial charge in [-0.2, -0.15) is 0 Å². The number of rotatable bonds is 5. The van der Waals surface area contributed by atoms with Crippen LogP contribution in [0.2, 0.25) is 0 Å². The smallest absolute Gasteiger partial charge is 0.122 e. The molecule has 2 aliphatic heterocycles. The molecule has 1 saturated heterocycles. The number of hydrogen-bond donors (Lipinski definition) is 1. The molecular formula is C18H28N2O2. The highest BCUT2D eigenvalue weighted by molar-refractivity contribution is 5.34. The first-order valence-corrected chi connectivity index (χ1v) is 8.61. The molecule has 0 amide bonds. The van der Waals surface area contributed by atoms with E-state index in [1.807, 2.05) is 0 Å². The normalized spacial score (nSPS) is 23.6. The molecule has 22 heavy (non-hydrogen) atoms. The van der Waals surface area contributed by atoms with Crippen LogP contribution in [0, 0.1) is 5.92 Å². The number of aliphatic hydroxyl groups is 1. The molecule has 0 aromatic heterocycles. The third kappa shape index (κ3) is 4.22. The lowest BCUT2D eigenvalue weighted by atomic mass is 9.96. The highest BCUT2D eigenvalue weighted by Gasteiger charge is 2.22. The lowest BCUT2D eigenvalue weighted by molar-refractivity contribution is 0.108. The standard InChI is InChI=1S/C18H28N2O2/c21-12-3-7-19-8-10-20(11-9-19)15-16-6-13-22-18-5-2-1-4-17(18)14-16/h1-2,4-5,16,21H,3,6-15H2. The molecule has 1 aromatic carbocycles. The van der Waals surface area contributed by atoms with E-state index in [0.29, 0.717) is 12.5 Å². The maximum Gasteiger partial charge on any atom is 0.122 e. The third-order valence-electron chi connectivity index (χ3n) is 4.88. The van der Waals surface area contributed by atoms with E-state index in [-0.39, 0.29) is 0 Å². The van der Waals surface area contributed by atoms with Crippen molar-refractivity contribution in [2.24, 2.45) is 5.92 Å². The minimum atomic E-state index is 0.307. The third-order valence-corrected chi connectivity index (χ3v) is 4.88. The number of fused-ring (bicyclic) bond motifs is 1. The summed E-state index contributed by atoms with van der Waals surface area (Å²) in [7, 11) is 0. The second-order valence-electron chi connectivity index (χ2n) is 6.53. The van der Waals surface area contributed by atoms with Gasteiger partial charge >= 0.3 is 0 Å². The number of para-hydroxylation sites is 1. The van der Waals surface area contributed by atoms with Crippen molar-refractivity contribution in [2.75, 3.05) is 52.5 Å². The van der Waals surface area contributed by atoms with E-state index in [1.54, 1.807) is 0 Å². The van der Waals surface area contributed by atoms with Crippen molar-refractivity contribution in [1.82, 2.24) is 9.80 Å². The SMILES string of the molecule is OCCCN1CCN(CC2CCOc3ccccc3C2)CC1. The van der Waals surface area contributed by atoms with Crippen LogP contribution in [-0.4, -0.2) is 67.4 Å². The van der Waals surface area contributed by atoms with Gasteiger partial charge < -0.3 is 19.6 Å². The predicted molar refractivity (Wildman–Crippen MR) is 88.3 cm³/mol. The molecule has 1 N–H and O–H groups in total. The summed E-state index contributed by atoms with van der Waals surface area (Å²) in [4.78, 5) is 5.08. The van der Waals surface area contributed by atoms with Gasteiger partial charge in [-0.3, -0.25) is 0 Å². The number of benzene rings is 1. The Morgan fingerprint density at radius 1 is 1.09 bits per heavy atom. The zero-order valence-corrected chi connectivity index (χ0v) is 13.4. The average Bonchev–Trinajstić information content (AvgIpc) is 2.76. The van der Waals surface area contributed by atoms with Gasteiger partial charge in [-0.15, -0.1) is 0 Å². The molecule has 4 nitrogen and oxygen atoms in total. The Morgan fingerprint density at radius 3 is 2.68 bits per heavy atom. The quantitative estimate of drug-likeness (QED) is 0.897. The first-order valence-electron chi connectivity index (χ1n) is 8.61. The number of ether oxygens (including phenoxy) is 1. The summed E-state index contributed by atoms with van der Waals surface area (Å²) in [5, 5.41) is 8.92. The van der Waals surface area contributed by atoms with Crippen molar-refractivity contribution in [3.8, 4) is 5.75 Å². The Kier molecular flexibility index (Phi) is 5.70. The molecule has 0 bridgehead atoms. The van der Waals surface area contributed by atoms with Gasteiger partial charge in [0.25, 0.3) is 0 Å². The Balaban J connectivity index is 1.48. The van der Waals surface area contributed by atoms with Gasteiger partial charge in [-0.25, -0.2) is 0 Å². The molecule has 1 aromatic rings. The van der Waals surface area contributed by atoms with Crippen LogP contribution in [-0.2, 0) is 6.42 Å². The second-order valence-corrected chi connectivity index (χ2v) is 6.53. The molecule has 0 saturated carbocycles. The summed E-state index contributed by atoms with van der Waals surface area (Å²) in [6, 6.07) is 8.48. The monoisotopic (exact) mass is 304 g/mol.